The molecule has 0 radical (unpaired) electrons. The topological polar surface area (TPSA) is 36.9 Å². The van der Waals surface area contributed by atoms with Crippen molar-refractivity contribution < 1.29 is 4.42 Å². The summed E-state index contributed by atoms with van der Waals surface area (Å²) in [6.07, 6.45) is 5.01. The van der Waals surface area contributed by atoms with Crippen molar-refractivity contribution in [1.29, 1.82) is 5.26 Å². The van der Waals surface area contributed by atoms with Crippen LogP contribution in [0.2, 0.25) is 0 Å². The number of hydrogen-bond donors (Lipinski definition) is 0. The molecule has 0 N–H and O–H groups in total. The van der Waals surface area contributed by atoms with Gasteiger partial charge < -0.3 is 4.42 Å². The molecule has 88 valence electrons. The molecule has 0 atom stereocenters. The summed E-state index contributed by atoms with van der Waals surface area (Å²) in [5.41, 5.74) is -0.161. The molecule has 2 nitrogen and oxygen atoms in total. The van der Waals surface area contributed by atoms with Crippen LogP contribution < -0.4 is 0 Å². The zero-order valence-electron chi connectivity index (χ0n) is 10.0. The van der Waals surface area contributed by atoms with Crippen LogP contribution in [-0.4, -0.2) is 5.75 Å². The van der Waals surface area contributed by atoms with Gasteiger partial charge in [0, 0.05) is 0 Å². The number of nitriles is 1. The van der Waals surface area contributed by atoms with Crippen LogP contribution in [0, 0.1) is 16.7 Å². The Morgan fingerprint density at radius 3 is 2.88 bits per heavy atom. The second kappa shape index (κ2) is 6.65. The minimum Gasteiger partial charge on any atom is -0.468 e. The van der Waals surface area contributed by atoms with Crippen molar-refractivity contribution in [2.45, 2.75) is 38.9 Å². The van der Waals surface area contributed by atoms with E-state index in [9.17, 15) is 0 Å². The summed E-state index contributed by atoms with van der Waals surface area (Å²) in [6.45, 7) is 4.01. The smallest absolute Gasteiger partial charge is 0.113 e. The van der Waals surface area contributed by atoms with Crippen LogP contribution in [0.1, 0.15) is 38.9 Å². The molecule has 3 heteroatoms. The average Bonchev–Trinajstić information content (AvgIpc) is 2.76. The third-order valence-electron chi connectivity index (χ3n) is 2.47. The first-order valence-corrected chi connectivity index (χ1v) is 6.81. The minimum atomic E-state index is -0.161. The maximum atomic E-state index is 8.85. The average molecular weight is 237 g/mol. The number of unbranched alkanes of at least 4 members (excludes halogenated alkanes) is 1. The largest absolute Gasteiger partial charge is 0.468 e. The van der Waals surface area contributed by atoms with Gasteiger partial charge in [0.25, 0.3) is 0 Å². The molecular weight excluding hydrogens is 218 g/mol. The summed E-state index contributed by atoms with van der Waals surface area (Å²) in [6, 6.07) is 6.26. The summed E-state index contributed by atoms with van der Waals surface area (Å²) in [7, 11) is 0. The van der Waals surface area contributed by atoms with Gasteiger partial charge in [-0.25, -0.2) is 0 Å². The molecule has 1 heterocycles. The van der Waals surface area contributed by atoms with Gasteiger partial charge in [-0.2, -0.15) is 17.0 Å². The van der Waals surface area contributed by atoms with E-state index in [1.807, 2.05) is 37.7 Å². The highest BCUT2D eigenvalue weighted by Crippen LogP contribution is 2.23. The summed E-state index contributed by atoms with van der Waals surface area (Å²) in [5.74, 6) is 3.14. The van der Waals surface area contributed by atoms with Gasteiger partial charge in [-0.3, -0.25) is 0 Å². The van der Waals surface area contributed by atoms with Crippen molar-refractivity contribution in [2.75, 3.05) is 5.75 Å². The van der Waals surface area contributed by atoms with Crippen molar-refractivity contribution in [2.24, 2.45) is 5.41 Å². The van der Waals surface area contributed by atoms with Gasteiger partial charge in [-0.15, -0.1) is 0 Å². The SMILES string of the molecule is CC(C)(C#N)CCCCSCc1ccco1. The van der Waals surface area contributed by atoms with E-state index < -0.39 is 0 Å². The number of thioether (sulfide) groups is 1. The third kappa shape index (κ3) is 5.27. The third-order valence-corrected chi connectivity index (χ3v) is 3.53. The zero-order chi connectivity index (χ0) is 11.9. The molecule has 0 amide bonds. The van der Waals surface area contributed by atoms with E-state index in [0.29, 0.717) is 0 Å². The second-order valence-corrected chi connectivity index (χ2v) is 5.69. The van der Waals surface area contributed by atoms with Crippen molar-refractivity contribution in [3.63, 3.8) is 0 Å². The van der Waals surface area contributed by atoms with Crippen LogP contribution in [0.25, 0.3) is 0 Å². The molecular formula is C13H19NOS. The Bertz CT molecular complexity index is 324. The fourth-order valence-electron chi connectivity index (χ4n) is 1.39. The summed E-state index contributed by atoms with van der Waals surface area (Å²) < 4.78 is 5.25. The second-order valence-electron chi connectivity index (χ2n) is 4.58. The van der Waals surface area contributed by atoms with Gasteiger partial charge >= 0.3 is 0 Å². The molecule has 0 bridgehead atoms. The van der Waals surface area contributed by atoms with Gasteiger partial charge in [-0.05, 0) is 44.6 Å². The maximum absolute atomic E-state index is 8.85. The van der Waals surface area contributed by atoms with E-state index in [-0.39, 0.29) is 5.41 Å². The summed E-state index contributed by atoms with van der Waals surface area (Å²) in [5, 5.41) is 8.85. The molecule has 0 spiro atoms. The minimum absolute atomic E-state index is 0.161. The summed E-state index contributed by atoms with van der Waals surface area (Å²) >= 11 is 1.89. The number of furan rings is 1. The van der Waals surface area contributed by atoms with E-state index in [0.717, 1.165) is 30.1 Å². The van der Waals surface area contributed by atoms with Crippen LogP contribution >= 0.6 is 11.8 Å². The fraction of sp³-hybridized carbons (Fsp3) is 0.615. The van der Waals surface area contributed by atoms with Crippen LogP contribution in [0.3, 0.4) is 0 Å². The Morgan fingerprint density at radius 2 is 2.25 bits per heavy atom. The van der Waals surface area contributed by atoms with Gasteiger partial charge in [-0.1, -0.05) is 6.42 Å². The molecule has 1 rings (SSSR count). The lowest BCUT2D eigenvalue weighted by Crippen LogP contribution is -2.07. The molecule has 0 aromatic carbocycles. The molecule has 0 saturated carbocycles. The van der Waals surface area contributed by atoms with Crippen LogP contribution in [0.5, 0.6) is 0 Å². The van der Waals surface area contributed by atoms with E-state index in [2.05, 4.69) is 6.07 Å². The van der Waals surface area contributed by atoms with Crippen molar-refractivity contribution in [1.82, 2.24) is 0 Å². The van der Waals surface area contributed by atoms with Gasteiger partial charge in [0.2, 0.25) is 0 Å². The molecule has 0 aliphatic rings. The van der Waals surface area contributed by atoms with Crippen LogP contribution in [0.4, 0.5) is 0 Å². The molecule has 0 fully saturated rings. The van der Waals surface area contributed by atoms with Crippen molar-refractivity contribution >= 4 is 11.8 Å². The number of hydrogen-bond acceptors (Lipinski definition) is 3. The van der Waals surface area contributed by atoms with Gasteiger partial charge in [0.15, 0.2) is 0 Å². The molecule has 1 aromatic heterocycles. The Labute approximate surface area is 102 Å². The van der Waals surface area contributed by atoms with E-state index in [1.54, 1.807) is 6.26 Å². The highest BCUT2D eigenvalue weighted by Gasteiger charge is 2.15. The maximum Gasteiger partial charge on any atom is 0.113 e. The van der Waals surface area contributed by atoms with E-state index in [4.69, 9.17) is 9.68 Å². The monoisotopic (exact) mass is 237 g/mol. The Kier molecular flexibility index (Phi) is 5.48. The number of nitrogens with zero attached hydrogens (tertiary/aromatic N) is 1. The molecule has 0 unspecified atom stereocenters. The van der Waals surface area contributed by atoms with E-state index >= 15 is 0 Å². The predicted octanol–water partition coefficient (Wildman–Crippen LogP) is 4.23. The van der Waals surface area contributed by atoms with E-state index in [1.165, 1.54) is 6.42 Å². The van der Waals surface area contributed by atoms with Gasteiger partial charge in [0.1, 0.15) is 5.76 Å². The fourth-order valence-corrected chi connectivity index (χ4v) is 2.31. The number of rotatable bonds is 7. The normalized spacial score (nSPS) is 11.3. The first kappa shape index (κ1) is 13.2. The molecule has 0 aliphatic heterocycles. The van der Waals surface area contributed by atoms with Crippen molar-refractivity contribution in [3.8, 4) is 6.07 Å². The molecule has 0 aliphatic carbocycles. The zero-order valence-corrected chi connectivity index (χ0v) is 10.8. The lowest BCUT2D eigenvalue weighted by molar-refractivity contribution is 0.433. The van der Waals surface area contributed by atoms with Crippen LogP contribution in [0.15, 0.2) is 22.8 Å². The Hall–Kier alpha value is -0.880. The Balaban J connectivity index is 1.99. The van der Waals surface area contributed by atoms with Crippen molar-refractivity contribution in [3.05, 3.63) is 24.2 Å². The molecule has 0 saturated heterocycles. The first-order valence-electron chi connectivity index (χ1n) is 5.65. The first-order chi connectivity index (χ1) is 7.64. The van der Waals surface area contributed by atoms with Gasteiger partial charge in [0.05, 0.1) is 23.5 Å². The Morgan fingerprint density at radius 1 is 1.44 bits per heavy atom. The lowest BCUT2D eigenvalue weighted by Gasteiger charge is -2.13. The molecule has 1 aromatic rings. The highest BCUT2D eigenvalue weighted by atomic mass is 32.2. The standard InChI is InChI=1S/C13H19NOS/c1-13(2,11-14)7-3-4-9-16-10-12-6-5-8-15-12/h5-6,8H,3-4,7,9-10H2,1-2H3. The predicted molar refractivity (Wildman–Crippen MR) is 68.1 cm³/mol. The van der Waals surface area contributed by atoms with Crippen LogP contribution in [-0.2, 0) is 5.75 Å². The lowest BCUT2D eigenvalue weighted by atomic mass is 9.89. The quantitative estimate of drug-likeness (QED) is 0.666. The molecule has 16 heavy (non-hydrogen) atoms. The highest BCUT2D eigenvalue weighted by molar-refractivity contribution is 7.98. The summed E-state index contributed by atoms with van der Waals surface area (Å²) in [4.78, 5) is 0.